The number of aliphatic hydroxyl groups is 1. The molecule has 0 amide bonds. The van der Waals surface area contributed by atoms with Crippen molar-refractivity contribution in [3.05, 3.63) is 46.5 Å². The number of rotatable bonds is 2. The van der Waals surface area contributed by atoms with Crippen LogP contribution in [0.25, 0.3) is 5.69 Å². The monoisotopic (exact) mass is 248 g/mol. The molecule has 0 saturated heterocycles. The lowest BCUT2D eigenvalue weighted by atomic mass is 10.1. The van der Waals surface area contributed by atoms with Crippen LogP contribution in [-0.4, -0.2) is 14.9 Å². The Morgan fingerprint density at radius 1 is 1.28 bits per heavy atom. The average molecular weight is 248 g/mol. The standard InChI is InChI=1S/C14H17FN2O/c1-8-9(2)16-17(10(8)3)14-12(11(4)18)6-5-7-13(14)15/h5-7,11,18H,1-4H3/t11-/m0/s1. The maximum Gasteiger partial charge on any atom is 0.149 e. The number of aryl methyl sites for hydroxylation is 1. The third-order valence-corrected chi connectivity index (χ3v) is 3.33. The van der Waals surface area contributed by atoms with Crippen LogP contribution in [-0.2, 0) is 0 Å². The van der Waals surface area contributed by atoms with E-state index < -0.39 is 6.10 Å². The highest BCUT2D eigenvalue weighted by atomic mass is 19.1. The topological polar surface area (TPSA) is 38.0 Å². The molecular formula is C14H17FN2O. The first kappa shape index (κ1) is 12.8. The normalized spacial score (nSPS) is 12.8. The van der Waals surface area contributed by atoms with Crippen molar-refractivity contribution in [2.24, 2.45) is 0 Å². The Kier molecular flexibility index (Phi) is 3.22. The lowest BCUT2D eigenvalue weighted by Crippen LogP contribution is -2.08. The average Bonchev–Trinajstić information content (AvgIpc) is 2.56. The summed E-state index contributed by atoms with van der Waals surface area (Å²) in [5, 5.41) is 14.1. The third-order valence-electron chi connectivity index (χ3n) is 3.33. The summed E-state index contributed by atoms with van der Waals surface area (Å²) in [5.41, 5.74) is 3.67. The van der Waals surface area contributed by atoms with E-state index in [0.717, 1.165) is 17.0 Å². The fraction of sp³-hybridized carbons (Fsp3) is 0.357. The van der Waals surface area contributed by atoms with E-state index in [2.05, 4.69) is 5.10 Å². The summed E-state index contributed by atoms with van der Waals surface area (Å²) in [5.74, 6) is -0.376. The smallest absolute Gasteiger partial charge is 0.149 e. The van der Waals surface area contributed by atoms with E-state index in [4.69, 9.17) is 0 Å². The van der Waals surface area contributed by atoms with Crippen molar-refractivity contribution in [2.45, 2.75) is 33.8 Å². The van der Waals surface area contributed by atoms with Gasteiger partial charge in [-0.05, 0) is 39.3 Å². The molecule has 4 heteroatoms. The number of aliphatic hydroxyl groups excluding tert-OH is 1. The zero-order valence-electron chi connectivity index (χ0n) is 11.0. The quantitative estimate of drug-likeness (QED) is 0.887. The van der Waals surface area contributed by atoms with Crippen LogP contribution in [0.5, 0.6) is 0 Å². The first-order valence-corrected chi connectivity index (χ1v) is 5.93. The zero-order chi connectivity index (χ0) is 13.4. The molecule has 1 N–H and O–H groups in total. The van der Waals surface area contributed by atoms with Crippen molar-refractivity contribution in [1.29, 1.82) is 0 Å². The van der Waals surface area contributed by atoms with Gasteiger partial charge >= 0.3 is 0 Å². The summed E-state index contributed by atoms with van der Waals surface area (Å²) in [7, 11) is 0. The van der Waals surface area contributed by atoms with Crippen LogP contribution in [0.3, 0.4) is 0 Å². The minimum Gasteiger partial charge on any atom is -0.389 e. The molecular weight excluding hydrogens is 231 g/mol. The fourth-order valence-corrected chi connectivity index (χ4v) is 2.03. The van der Waals surface area contributed by atoms with Crippen LogP contribution < -0.4 is 0 Å². The number of benzene rings is 1. The van der Waals surface area contributed by atoms with E-state index in [-0.39, 0.29) is 5.82 Å². The van der Waals surface area contributed by atoms with E-state index in [0.29, 0.717) is 11.3 Å². The molecule has 1 heterocycles. The van der Waals surface area contributed by atoms with E-state index in [1.54, 1.807) is 23.7 Å². The predicted molar refractivity (Wildman–Crippen MR) is 68.4 cm³/mol. The van der Waals surface area contributed by atoms with E-state index in [9.17, 15) is 9.50 Å². The van der Waals surface area contributed by atoms with Crippen LogP contribution in [0.1, 0.15) is 35.5 Å². The Bertz CT molecular complexity index is 588. The largest absolute Gasteiger partial charge is 0.389 e. The second-order valence-corrected chi connectivity index (χ2v) is 4.56. The fourth-order valence-electron chi connectivity index (χ4n) is 2.03. The second kappa shape index (κ2) is 4.53. The molecule has 0 saturated carbocycles. The molecule has 3 nitrogen and oxygen atoms in total. The molecule has 96 valence electrons. The Labute approximate surface area is 106 Å². The number of hydrogen-bond acceptors (Lipinski definition) is 2. The number of hydrogen-bond donors (Lipinski definition) is 1. The Morgan fingerprint density at radius 2 is 1.94 bits per heavy atom. The molecule has 2 rings (SSSR count). The molecule has 1 atom stereocenters. The summed E-state index contributed by atoms with van der Waals surface area (Å²) >= 11 is 0. The van der Waals surface area contributed by atoms with Gasteiger partial charge < -0.3 is 5.11 Å². The highest BCUT2D eigenvalue weighted by Gasteiger charge is 2.18. The van der Waals surface area contributed by atoms with Gasteiger partial charge in [-0.1, -0.05) is 12.1 Å². The van der Waals surface area contributed by atoms with Crippen molar-refractivity contribution >= 4 is 0 Å². The van der Waals surface area contributed by atoms with Crippen molar-refractivity contribution in [3.8, 4) is 5.69 Å². The Hall–Kier alpha value is -1.68. The summed E-state index contributed by atoms with van der Waals surface area (Å²) in [6.45, 7) is 7.36. The van der Waals surface area contributed by atoms with E-state index in [1.807, 2.05) is 20.8 Å². The molecule has 0 fully saturated rings. The minimum atomic E-state index is -0.736. The number of nitrogens with zero attached hydrogens (tertiary/aromatic N) is 2. The maximum absolute atomic E-state index is 14.0. The molecule has 2 aromatic rings. The Balaban J connectivity index is 2.74. The van der Waals surface area contributed by atoms with Gasteiger partial charge in [-0.2, -0.15) is 5.10 Å². The molecule has 1 aromatic carbocycles. The summed E-state index contributed by atoms with van der Waals surface area (Å²) < 4.78 is 15.6. The number of para-hydroxylation sites is 1. The molecule has 0 aliphatic carbocycles. The number of halogens is 1. The molecule has 18 heavy (non-hydrogen) atoms. The van der Waals surface area contributed by atoms with E-state index in [1.165, 1.54) is 6.07 Å². The highest BCUT2D eigenvalue weighted by molar-refractivity contribution is 5.45. The highest BCUT2D eigenvalue weighted by Crippen LogP contribution is 2.26. The van der Waals surface area contributed by atoms with Crippen molar-refractivity contribution in [1.82, 2.24) is 9.78 Å². The van der Waals surface area contributed by atoms with Crippen LogP contribution in [0.2, 0.25) is 0 Å². The first-order chi connectivity index (χ1) is 8.43. The summed E-state index contributed by atoms with van der Waals surface area (Å²) in [6, 6.07) is 4.70. The van der Waals surface area contributed by atoms with E-state index >= 15 is 0 Å². The van der Waals surface area contributed by atoms with Gasteiger partial charge in [-0.15, -0.1) is 0 Å². The van der Waals surface area contributed by atoms with Crippen LogP contribution >= 0.6 is 0 Å². The maximum atomic E-state index is 14.0. The third kappa shape index (κ3) is 1.93. The predicted octanol–water partition coefficient (Wildman–Crippen LogP) is 2.99. The van der Waals surface area contributed by atoms with Gasteiger partial charge in [0.05, 0.1) is 11.8 Å². The van der Waals surface area contributed by atoms with Crippen molar-refractivity contribution < 1.29 is 9.50 Å². The van der Waals surface area contributed by atoms with Gasteiger partial charge in [0, 0.05) is 11.3 Å². The molecule has 1 aromatic heterocycles. The molecule has 0 unspecified atom stereocenters. The SMILES string of the molecule is Cc1nn(-c2c(F)cccc2[C@H](C)O)c(C)c1C. The van der Waals surface area contributed by atoms with Crippen molar-refractivity contribution in [2.75, 3.05) is 0 Å². The lowest BCUT2D eigenvalue weighted by molar-refractivity contribution is 0.198. The van der Waals surface area contributed by atoms with Gasteiger partial charge in [0.15, 0.2) is 0 Å². The Morgan fingerprint density at radius 3 is 2.44 bits per heavy atom. The van der Waals surface area contributed by atoms with Gasteiger partial charge in [0.2, 0.25) is 0 Å². The van der Waals surface area contributed by atoms with Crippen LogP contribution in [0, 0.1) is 26.6 Å². The summed E-state index contributed by atoms with van der Waals surface area (Å²) in [4.78, 5) is 0. The van der Waals surface area contributed by atoms with Crippen LogP contribution in [0.15, 0.2) is 18.2 Å². The minimum absolute atomic E-state index is 0.334. The van der Waals surface area contributed by atoms with Crippen LogP contribution in [0.4, 0.5) is 4.39 Å². The molecule has 0 aliphatic heterocycles. The second-order valence-electron chi connectivity index (χ2n) is 4.56. The molecule has 0 spiro atoms. The van der Waals surface area contributed by atoms with Crippen molar-refractivity contribution in [3.63, 3.8) is 0 Å². The zero-order valence-corrected chi connectivity index (χ0v) is 11.0. The number of aromatic nitrogens is 2. The van der Waals surface area contributed by atoms with Gasteiger partial charge in [-0.25, -0.2) is 9.07 Å². The van der Waals surface area contributed by atoms with Gasteiger partial charge in [0.1, 0.15) is 11.5 Å². The lowest BCUT2D eigenvalue weighted by Gasteiger charge is -2.14. The van der Waals surface area contributed by atoms with Gasteiger partial charge in [0.25, 0.3) is 0 Å². The molecule has 0 aliphatic rings. The first-order valence-electron chi connectivity index (χ1n) is 5.93. The summed E-state index contributed by atoms with van der Waals surface area (Å²) in [6.07, 6.45) is -0.736. The van der Waals surface area contributed by atoms with Gasteiger partial charge in [-0.3, -0.25) is 0 Å². The molecule has 0 bridgehead atoms. The molecule has 0 radical (unpaired) electrons.